The van der Waals surface area contributed by atoms with Crippen LogP contribution in [0.4, 0.5) is 5.82 Å². The molecule has 0 aliphatic rings. The number of halogens is 1. The molecule has 2 heterocycles. The highest BCUT2D eigenvalue weighted by atomic mass is 35.5. The van der Waals surface area contributed by atoms with Gasteiger partial charge < -0.3 is 17.9 Å². The molecule has 0 aliphatic heterocycles. The number of nitrogens with zero attached hydrogens (tertiary/aromatic N) is 1. The molecule has 0 unspecified atom stereocenters. The lowest BCUT2D eigenvalue weighted by Gasteiger charge is -2.13. The molecule has 4 N–H and O–H groups in total. The number of hydrogen-bond acceptors (Lipinski definition) is 2. The number of carbonyl (C=O) groups excluding carboxylic acids is 1. The summed E-state index contributed by atoms with van der Waals surface area (Å²) >= 11 is 0. The van der Waals surface area contributed by atoms with Gasteiger partial charge in [-0.15, -0.1) is 4.98 Å². The van der Waals surface area contributed by atoms with Gasteiger partial charge >= 0.3 is 0 Å². The molecule has 0 aliphatic carbocycles. The van der Waals surface area contributed by atoms with Gasteiger partial charge in [-0.25, -0.2) is 10.3 Å². The van der Waals surface area contributed by atoms with Gasteiger partial charge in [0.2, 0.25) is 5.82 Å². The number of aromatic amines is 1. The molecule has 2 rings (SSSR count). The van der Waals surface area contributed by atoms with E-state index in [1.165, 1.54) is 0 Å². The van der Waals surface area contributed by atoms with Crippen LogP contribution in [0.1, 0.15) is 26.5 Å². The van der Waals surface area contributed by atoms with Crippen LogP contribution in [0.5, 0.6) is 0 Å². The number of fused-ring (bicyclic) bond motifs is 1. The van der Waals surface area contributed by atoms with E-state index in [2.05, 4.69) is 15.3 Å². The monoisotopic (exact) mass is 297 g/mol. The van der Waals surface area contributed by atoms with Crippen molar-refractivity contribution in [3.8, 4) is 0 Å². The molecule has 2 aromatic heterocycles. The zero-order valence-corrected chi connectivity index (χ0v) is 12.8. The van der Waals surface area contributed by atoms with Crippen molar-refractivity contribution in [2.24, 2.45) is 5.41 Å². The van der Waals surface area contributed by atoms with E-state index in [0.29, 0.717) is 5.82 Å². The average molecular weight is 298 g/mol. The molecule has 0 saturated heterocycles. The first-order chi connectivity index (χ1) is 8.36. The highest BCUT2D eigenvalue weighted by molar-refractivity contribution is 5.93. The van der Waals surface area contributed by atoms with Crippen LogP contribution in [0.3, 0.4) is 0 Å². The summed E-state index contributed by atoms with van der Waals surface area (Å²) in [5.41, 5.74) is 1.31. The minimum absolute atomic E-state index is 0. The third-order valence-corrected chi connectivity index (χ3v) is 2.68. The van der Waals surface area contributed by atoms with Crippen molar-refractivity contribution in [3.63, 3.8) is 0 Å². The quantitative estimate of drug-likeness (QED) is 0.696. The van der Waals surface area contributed by atoms with Crippen LogP contribution in [0, 0.1) is 12.3 Å². The van der Waals surface area contributed by atoms with E-state index in [0.717, 1.165) is 16.7 Å². The fourth-order valence-electron chi connectivity index (χ4n) is 1.53. The Kier molecular flexibility index (Phi) is 6.06. The summed E-state index contributed by atoms with van der Waals surface area (Å²) in [7, 11) is 0. The third-order valence-electron chi connectivity index (χ3n) is 2.68. The molecule has 6 heteroatoms. The topological polar surface area (TPSA) is 87.6 Å². The number of carbonyl (C=O) groups is 1. The lowest BCUT2D eigenvalue weighted by Crippen LogP contribution is -3.00. The normalized spacial score (nSPS) is 10.4. The molecule has 0 fully saturated rings. The largest absolute Gasteiger partial charge is 1.00 e. The van der Waals surface area contributed by atoms with E-state index < -0.39 is 5.41 Å². The number of aromatic nitrogens is 2. The molecule has 5 nitrogen and oxygen atoms in total. The highest BCUT2D eigenvalue weighted by Crippen LogP contribution is 2.16. The Bertz CT molecular complexity index is 609. The van der Waals surface area contributed by atoms with Crippen molar-refractivity contribution in [1.29, 1.82) is 0 Å². The first-order valence-corrected chi connectivity index (χ1v) is 5.97. The summed E-state index contributed by atoms with van der Waals surface area (Å²) in [5, 5.41) is 3.88. The predicted molar refractivity (Wildman–Crippen MR) is 74.7 cm³/mol. The Balaban J connectivity index is 0.00000180. The van der Waals surface area contributed by atoms with E-state index in [-0.39, 0.29) is 23.8 Å². The first-order valence-electron chi connectivity index (χ1n) is 5.97. The third kappa shape index (κ3) is 4.15. The van der Waals surface area contributed by atoms with Gasteiger partial charge in [-0.2, -0.15) is 0 Å². The zero-order chi connectivity index (χ0) is 13.3. The minimum Gasteiger partial charge on any atom is -1.00 e. The molecule has 110 valence electrons. The van der Waals surface area contributed by atoms with Crippen LogP contribution in [-0.2, 0) is 4.79 Å². The van der Waals surface area contributed by atoms with Crippen molar-refractivity contribution < 1.29 is 27.7 Å². The molecule has 0 bridgehead atoms. The molecule has 0 atom stereocenters. The lowest BCUT2D eigenvalue weighted by molar-refractivity contribution is -0.330. The second-order valence-corrected chi connectivity index (χ2v) is 5.47. The van der Waals surface area contributed by atoms with E-state index in [9.17, 15) is 4.79 Å². The number of anilines is 1. The van der Waals surface area contributed by atoms with E-state index in [1.54, 1.807) is 0 Å². The van der Waals surface area contributed by atoms with E-state index in [4.69, 9.17) is 0 Å². The molecular formula is C14H20ClN3O2. The van der Waals surface area contributed by atoms with Gasteiger partial charge in [-0.05, 0) is 45.9 Å². The molecule has 0 radical (unpaired) electrons. The van der Waals surface area contributed by atoms with Gasteiger partial charge in [0.15, 0.2) is 0 Å². The number of rotatable bonds is 1. The summed E-state index contributed by atoms with van der Waals surface area (Å²) in [6.45, 7) is 7.58. The smallest absolute Gasteiger partial charge is 0.285 e. The molecular weight excluding hydrogens is 278 g/mol. The Morgan fingerprint density at radius 1 is 1.20 bits per heavy atom. The fraction of sp³-hybridized carbons (Fsp3) is 0.357. The van der Waals surface area contributed by atoms with Gasteiger partial charge in [0.05, 0.1) is 10.8 Å². The standard InChI is InChI=1S/C14H17N3O.ClH.H2O/c1-9-5-6-10-7-8-11(16-12(10)15-9)17-13(18)14(2,3)4;;/h5-8H,1-4H3,(H,15,16,17,18);1H;1H2. The maximum Gasteiger partial charge on any atom is 0.285 e. The number of H-pyrrole nitrogens is 1. The van der Waals surface area contributed by atoms with E-state index >= 15 is 0 Å². The number of hydrogen-bond donors (Lipinski definition) is 1. The SMILES string of the molecule is Cc1ccc2ccc(NC(=O)C(C)(C)C)[nH+]c2n1.O.[Cl-]. The van der Waals surface area contributed by atoms with Gasteiger partial charge in [-0.3, -0.25) is 4.79 Å². The predicted octanol–water partition coefficient (Wildman–Crippen LogP) is -1.48. The van der Waals surface area contributed by atoms with Crippen LogP contribution < -0.4 is 22.7 Å². The molecule has 20 heavy (non-hydrogen) atoms. The van der Waals surface area contributed by atoms with Crippen LogP contribution in [0.15, 0.2) is 24.3 Å². The van der Waals surface area contributed by atoms with Crippen LogP contribution in [-0.4, -0.2) is 16.4 Å². The van der Waals surface area contributed by atoms with Gasteiger partial charge in [0.25, 0.3) is 11.6 Å². The van der Waals surface area contributed by atoms with Gasteiger partial charge in [0, 0.05) is 6.07 Å². The van der Waals surface area contributed by atoms with Gasteiger partial charge in [-0.1, -0.05) is 0 Å². The summed E-state index contributed by atoms with van der Waals surface area (Å²) in [4.78, 5) is 19.4. The number of nitrogens with one attached hydrogen (secondary N) is 2. The Morgan fingerprint density at radius 2 is 1.80 bits per heavy atom. The minimum atomic E-state index is -0.414. The van der Waals surface area contributed by atoms with Crippen LogP contribution in [0.2, 0.25) is 0 Å². The second kappa shape index (κ2) is 6.63. The summed E-state index contributed by atoms with van der Waals surface area (Å²) in [6.07, 6.45) is 0. The zero-order valence-electron chi connectivity index (χ0n) is 12.0. The van der Waals surface area contributed by atoms with Crippen LogP contribution in [0.25, 0.3) is 11.0 Å². The second-order valence-electron chi connectivity index (χ2n) is 5.47. The highest BCUT2D eigenvalue weighted by Gasteiger charge is 2.24. The Labute approximate surface area is 124 Å². The maximum atomic E-state index is 11.9. The lowest BCUT2D eigenvalue weighted by atomic mass is 9.96. The molecule has 0 saturated carbocycles. The van der Waals surface area contributed by atoms with Crippen molar-refractivity contribution >= 4 is 22.8 Å². The molecule has 0 aromatic carbocycles. The average Bonchev–Trinajstić information content (AvgIpc) is 2.27. The summed E-state index contributed by atoms with van der Waals surface area (Å²) in [6, 6.07) is 7.76. The van der Waals surface area contributed by atoms with Gasteiger partial charge in [0.1, 0.15) is 5.69 Å². The Morgan fingerprint density at radius 3 is 2.40 bits per heavy atom. The molecule has 0 spiro atoms. The van der Waals surface area contributed by atoms with E-state index in [1.807, 2.05) is 52.0 Å². The molecule has 1 amide bonds. The summed E-state index contributed by atoms with van der Waals surface area (Å²) < 4.78 is 0. The molecule has 2 aromatic rings. The Hall–Kier alpha value is -1.72. The summed E-state index contributed by atoms with van der Waals surface area (Å²) in [5.74, 6) is 0.645. The van der Waals surface area contributed by atoms with Crippen molar-refractivity contribution in [1.82, 2.24) is 4.98 Å². The number of pyridine rings is 2. The maximum absolute atomic E-state index is 11.9. The van der Waals surface area contributed by atoms with Crippen molar-refractivity contribution in [3.05, 3.63) is 30.0 Å². The van der Waals surface area contributed by atoms with Crippen LogP contribution >= 0.6 is 0 Å². The van der Waals surface area contributed by atoms with Crippen molar-refractivity contribution in [2.75, 3.05) is 5.32 Å². The number of amides is 1. The van der Waals surface area contributed by atoms with Crippen molar-refractivity contribution in [2.45, 2.75) is 27.7 Å². The fourth-order valence-corrected chi connectivity index (χ4v) is 1.53. The number of aryl methyl sites for hydroxylation is 1. The first kappa shape index (κ1) is 18.3.